The lowest BCUT2D eigenvalue weighted by atomic mass is 10.1. The van der Waals surface area contributed by atoms with Crippen LogP contribution in [-0.2, 0) is 22.3 Å². The number of carbonyl (C=O) groups excluding carboxylic acids is 2. The number of rotatable bonds is 9. The van der Waals surface area contributed by atoms with Crippen LogP contribution in [0.5, 0.6) is 5.75 Å². The molecule has 6 nitrogen and oxygen atoms in total. The number of anilines is 1. The topological polar surface area (TPSA) is 77.6 Å². The lowest BCUT2D eigenvalue weighted by Gasteiger charge is -2.42. The van der Waals surface area contributed by atoms with E-state index in [0.717, 1.165) is 22.2 Å². The van der Waals surface area contributed by atoms with Crippen molar-refractivity contribution >= 4 is 36.7 Å². The van der Waals surface area contributed by atoms with Gasteiger partial charge in [-0.05, 0) is 72.8 Å². The van der Waals surface area contributed by atoms with Crippen LogP contribution in [0.1, 0.15) is 70.9 Å². The Bertz CT molecular complexity index is 1420. The van der Waals surface area contributed by atoms with Gasteiger partial charge in [0.2, 0.25) is 0 Å². The van der Waals surface area contributed by atoms with Gasteiger partial charge in [-0.3, -0.25) is 9.59 Å². The van der Waals surface area contributed by atoms with E-state index in [4.69, 9.17) is 10.2 Å². The number of amides is 2. The van der Waals surface area contributed by atoms with Crippen LogP contribution >= 0.6 is 0 Å². The summed E-state index contributed by atoms with van der Waals surface area (Å²) in [5.74, 6) is -1.99. The molecule has 2 amide bonds. The van der Waals surface area contributed by atoms with Gasteiger partial charge < -0.3 is 19.6 Å². The van der Waals surface area contributed by atoms with Crippen molar-refractivity contribution in [2.24, 2.45) is 5.73 Å². The zero-order valence-electron chi connectivity index (χ0n) is 25.4. The van der Waals surface area contributed by atoms with Crippen LogP contribution in [0, 0.1) is 13.8 Å². The van der Waals surface area contributed by atoms with Gasteiger partial charge >= 0.3 is 18.0 Å². The number of hydrogen-bond acceptors (Lipinski definition) is 3. The minimum Gasteiger partial charge on any atom is -0.542 e. The van der Waals surface area contributed by atoms with Crippen LogP contribution in [0.15, 0.2) is 36.4 Å². The summed E-state index contributed by atoms with van der Waals surface area (Å²) >= 11 is 0. The average Bonchev–Trinajstić information content (AvgIpc) is 3.19. The Morgan fingerprint density at radius 3 is 2.05 bits per heavy atom. The molecule has 0 aliphatic rings. The third kappa shape index (κ3) is 6.03. The highest BCUT2D eigenvalue weighted by molar-refractivity contribution is 6.78. The van der Waals surface area contributed by atoms with E-state index in [2.05, 4.69) is 0 Å². The molecule has 0 saturated carbocycles. The van der Waals surface area contributed by atoms with Crippen molar-refractivity contribution in [1.29, 1.82) is 0 Å². The van der Waals surface area contributed by atoms with Crippen molar-refractivity contribution in [2.45, 2.75) is 91.7 Å². The Labute approximate surface area is 241 Å². The molecule has 3 aromatic rings. The zero-order valence-corrected chi connectivity index (χ0v) is 26.4. The summed E-state index contributed by atoms with van der Waals surface area (Å²) < 4.78 is 51.8. The maximum atomic E-state index is 14.5. The SMILES string of the molecule is CCN(C(=O)C(N)=O)c1ccc(C)c2c1cc(C)n2Cc1ccc(O[Si](C(C)C)(C(C)C)C(C)C)c(C(F)(F)F)c1. The Hall–Kier alpha value is -3.27. The predicted molar refractivity (Wildman–Crippen MR) is 161 cm³/mol. The first-order valence-corrected chi connectivity index (χ1v) is 16.2. The van der Waals surface area contributed by atoms with Gasteiger partial charge in [0.05, 0.1) is 16.8 Å². The number of carbonyl (C=O) groups is 2. The molecule has 3 rings (SSSR count). The highest BCUT2D eigenvalue weighted by Crippen LogP contribution is 2.46. The second kappa shape index (κ2) is 11.9. The maximum absolute atomic E-state index is 14.5. The quantitative estimate of drug-likeness (QED) is 0.205. The number of alkyl halides is 3. The Kier molecular flexibility index (Phi) is 9.37. The molecule has 41 heavy (non-hydrogen) atoms. The summed E-state index contributed by atoms with van der Waals surface area (Å²) in [6.07, 6.45) is -4.59. The molecule has 10 heteroatoms. The van der Waals surface area contributed by atoms with Crippen LogP contribution in [0.4, 0.5) is 18.9 Å². The molecule has 0 spiro atoms. The minimum atomic E-state index is -4.59. The summed E-state index contributed by atoms with van der Waals surface area (Å²) in [5.41, 5.74) is 8.33. The number of fused-ring (bicyclic) bond motifs is 1. The maximum Gasteiger partial charge on any atom is 0.419 e. The predicted octanol–water partition coefficient (Wildman–Crippen LogP) is 7.72. The highest BCUT2D eigenvalue weighted by atomic mass is 28.4. The van der Waals surface area contributed by atoms with Crippen LogP contribution in [0.3, 0.4) is 0 Å². The fourth-order valence-corrected chi connectivity index (χ4v) is 11.6. The second-order valence-corrected chi connectivity index (χ2v) is 17.1. The summed E-state index contributed by atoms with van der Waals surface area (Å²) in [6, 6.07) is 9.82. The van der Waals surface area contributed by atoms with Gasteiger partial charge in [0.15, 0.2) is 0 Å². The summed E-state index contributed by atoms with van der Waals surface area (Å²) in [5, 5.41) is 0.719. The molecule has 2 N–H and O–H groups in total. The van der Waals surface area contributed by atoms with E-state index in [0.29, 0.717) is 11.3 Å². The van der Waals surface area contributed by atoms with Crippen molar-refractivity contribution in [3.05, 3.63) is 58.8 Å². The molecule has 0 bridgehead atoms. The molecule has 0 aliphatic heterocycles. The zero-order chi connectivity index (χ0) is 31.0. The van der Waals surface area contributed by atoms with Crippen LogP contribution in [0.2, 0.25) is 16.6 Å². The number of primary amides is 1. The third-order valence-corrected chi connectivity index (χ3v) is 14.2. The monoisotopic (exact) mass is 589 g/mol. The number of nitrogens with zero attached hydrogens (tertiary/aromatic N) is 2. The molecule has 1 heterocycles. The standard InChI is InChI=1S/C31H42F3N3O3Si/c1-10-36(30(39)29(35)38)26-13-11-21(8)28-24(26)15-22(9)37(28)17-23-12-14-27(25(16-23)31(32,33)34)40-41(18(2)3,19(4)5)20(6)7/h11-16,18-20H,10,17H2,1-9H3,(H2,35,38). The van der Waals surface area contributed by atoms with E-state index in [1.165, 1.54) is 17.0 Å². The van der Waals surface area contributed by atoms with Gasteiger partial charge in [-0.15, -0.1) is 0 Å². The van der Waals surface area contributed by atoms with Gasteiger partial charge in [-0.2, -0.15) is 13.2 Å². The van der Waals surface area contributed by atoms with Gasteiger partial charge in [-0.25, -0.2) is 0 Å². The normalized spacial score (nSPS) is 12.6. The van der Waals surface area contributed by atoms with E-state index < -0.39 is 31.9 Å². The Morgan fingerprint density at radius 1 is 0.976 bits per heavy atom. The number of hydrogen-bond donors (Lipinski definition) is 1. The van der Waals surface area contributed by atoms with E-state index in [9.17, 15) is 22.8 Å². The van der Waals surface area contributed by atoms with Crippen molar-refractivity contribution in [2.75, 3.05) is 11.4 Å². The largest absolute Gasteiger partial charge is 0.542 e. The molecule has 0 saturated heterocycles. The first kappa shape index (κ1) is 32.2. The number of likely N-dealkylation sites (N-methyl/N-ethyl adjacent to an activating group) is 1. The lowest BCUT2D eigenvalue weighted by Crippen LogP contribution is -2.51. The van der Waals surface area contributed by atoms with E-state index in [1.54, 1.807) is 19.1 Å². The lowest BCUT2D eigenvalue weighted by molar-refractivity contribution is -0.138. The van der Waals surface area contributed by atoms with Crippen molar-refractivity contribution < 1.29 is 27.2 Å². The first-order chi connectivity index (χ1) is 19.0. The summed E-state index contributed by atoms with van der Waals surface area (Å²) in [7, 11) is -2.62. The summed E-state index contributed by atoms with van der Waals surface area (Å²) in [6.45, 7) is 18.2. The molecular weight excluding hydrogens is 547 g/mol. The second-order valence-electron chi connectivity index (χ2n) is 11.7. The number of aromatic nitrogens is 1. The molecule has 0 aliphatic carbocycles. The minimum absolute atomic E-state index is 0.111. The number of aryl methyl sites for hydroxylation is 2. The molecule has 0 unspecified atom stereocenters. The molecule has 2 aromatic carbocycles. The third-order valence-electron chi connectivity index (χ3n) is 8.19. The van der Waals surface area contributed by atoms with Gasteiger partial charge in [0, 0.05) is 24.2 Å². The van der Waals surface area contributed by atoms with Gasteiger partial charge in [0.25, 0.3) is 8.32 Å². The van der Waals surface area contributed by atoms with Crippen molar-refractivity contribution in [3.8, 4) is 5.75 Å². The van der Waals surface area contributed by atoms with E-state index >= 15 is 0 Å². The Morgan fingerprint density at radius 2 is 1.56 bits per heavy atom. The summed E-state index contributed by atoms with van der Waals surface area (Å²) in [4.78, 5) is 25.5. The highest BCUT2D eigenvalue weighted by Gasteiger charge is 2.48. The molecule has 224 valence electrons. The molecule has 0 atom stereocenters. The van der Waals surface area contributed by atoms with Crippen molar-refractivity contribution in [3.63, 3.8) is 0 Å². The molecular formula is C31H42F3N3O3Si. The number of benzene rings is 2. The van der Waals surface area contributed by atoms with Gasteiger partial charge in [-0.1, -0.05) is 53.7 Å². The first-order valence-electron chi connectivity index (χ1n) is 14.1. The molecule has 0 fully saturated rings. The van der Waals surface area contributed by atoms with Crippen LogP contribution in [0.25, 0.3) is 10.9 Å². The Balaban J connectivity index is 2.15. The fraction of sp³-hybridized carbons (Fsp3) is 0.484. The molecule has 0 radical (unpaired) electrons. The van der Waals surface area contributed by atoms with Gasteiger partial charge in [0.1, 0.15) is 5.75 Å². The van der Waals surface area contributed by atoms with Crippen LogP contribution in [-0.4, -0.2) is 31.2 Å². The molecule has 1 aromatic heterocycles. The smallest absolute Gasteiger partial charge is 0.419 e. The van der Waals surface area contributed by atoms with E-state index in [1.807, 2.05) is 72.1 Å². The fourth-order valence-electron chi connectivity index (χ4n) is 6.38. The number of halogens is 3. The average molecular weight is 590 g/mol. The van der Waals surface area contributed by atoms with E-state index in [-0.39, 0.29) is 35.5 Å². The van der Waals surface area contributed by atoms with Crippen LogP contribution < -0.4 is 15.1 Å². The number of nitrogens with two attached hydrogens (primary N) is 1. The van der Waals surface area contributed by atoms with Crippen molar-refractivity contribution in [1.82, 2.24) is 4.57 Å².